The minimum absolute atomic E-state index is 0.0740. The van der Waals surface area contributed by atoms with Gasteiger partial charge in [-0.25, -0.2) is 4.79 Å². The first-order chi connectivity index (χ1) is 9.67. The van der Waals surface area contributed by atoms with Crippen molar-refractivity contribution in [3.63, 3.8) is 0 Å². The molecule has 0 aromatic heterocycles. The Hall–Kier alpha value is -2.42. The monoisotopic (exact) mass is 268 g/mol. The zero-order chi connectivity index (χ0) is 14.5. The van der Waals surface area contributed by atoms with E-state index < -0.39 is 5.97 Å². The summed E-state index contributed by atoms with van der Waals surface area (Å²) in [5, 5.41) is 1.75. The number of carbonyl (C=O) groups excluding carboxylic acids is 1. The summed E-state index contributed by atoms with van der Waals surface area (Å²) < 4.78 is 4.97. The fourth-order valence-electron chi connectivity index (χ4n) is 2.09. The fourth-order valence-corrected chi connectivity index (χ4v) is 2.09. The van der Waals surface area contributed by atoms with Gasteiger partial charge >= 0.3 is 5.97 Å². The molecular formula is C17H16O3. The van der Waals surface area contributed by atoms with E-state index in [9.17, 15) is 9.59 Å². The molecular weight excluding hydrogens is 252 g/mol. The molecule has 3 heteroatoms. The molecule has 0 aliphatic rings. The summed E-state index contributed by atoms with van der Waals surface area (Å²) in [7, 11) is 0. The molecule has 0 fully saturated rings. The Kier molecular flexibility index (Phi) is 4.31. The lowest BCUT2D eigenvalue weighted by atomic mass is 10.1. The van der Waals surface area contributed by atoms with Crippen molar-refractivity contribution in [3.05, 3.63) is 70.4 Å². The summed E-state index contributed by atoms with van der Waals surface area (Å²) in [5.41, 5.74) is 0.328. The van der Waals surface area contributed by atoms with Crippen molar-refractivity contribution in [2.45, 2.75) is 13.3 Å². The Morgan fingerprint density at radius 1 is 1.25 bits per heavy atom. The highest BCUT2D eigenvalue weighted by atomic mass is 16.5. The number of allylic oxidation sites excluding steroid dienone is 1. The van der Waals surface area contributed by atoms with E-state index in [0.29, 0.717) is 12.0 Å². The highest BCUT2D eigenvalue weighted by Gasteiger charge is 2.13. The van der Waals surface area contributed by atoms with Crippen LogP contribution in [0.2, 0.25) is 0 Å². The van der Waals surface area contributed by atoms with Gasteiger partial charge in [-0.1, -0.05) is 30.3 Å². The molecule has 2 aromatic carbocycles. The first kappa shape index (κ1) is 14.0. The standard InChI is InChI=1S/C17H16O3/c1-3-7-14-10-12-8-5-6-9-13(12)11-15(16(14)18)17(19)20-4-2/h3,5-6,8-11H,1,4,7H2,2H3. The Labute approximate surface area is 117 Å². The van der Waals surface area contributed by atoms with E-state index in [4.69, 9.17) is 4.74 Å². The van der Waals surface area contributed by atoms with Crippen LogP contribution in [0.3, 0.4) is 0 Å². The Morgan fingerprint density at radius 2 is 1.90 bits per heavy atom. The first-order valence-corrected chi connectivity index (χ1v) is 6.51. The van der Waals surface area contributed by atoms with Crippen molar-refractivity contribution in [3.8, 4) is 0 Å². The van der Waals surface area contributed by atoms with Gasteiger partial charge in [0.15, 0.2) is 5.43 Å². The number of esters is 1. The molecule has 0 N–H and O–H groups in total. The molecule has 0 aliphatic carbocycles. The third-order valence-corrected chi connectivity index (χ3v) is 3.02. The molecule has 0 saturated carbocycles. The zero-order valence-corrected chi connectivity index (χ0v) is 11.4. The lowest BCUT2D eigenvalue weighted by Gasteiger charge is -1.99. The van der Waals surface area contributed by atoms with Crippen LogP contribution in [0.4, 0.5) is 0 Å². The molecule has 0 saturated heterocycles. The van der Waals surface area contributed by atoms with E-state index in [0.717, 1.165) is 10.8 Å². The van der Waals surface area contributed by atoms with Crippen molar-refractivity contribution in [2.75, 3.05) is 6.61 Å². The highest BCUT2D eigenvalue weighted by molar-refractivity contribution is 5.94. The molecule has 3 nitrogen and oxygen atoms in total. The summed E-state index contributed by atoms with van der Waals surface area (Å²) in [6.07, 6.45) is 2.07. The average molecular weight is 268 g/mol. The number of hydrogen-bond acceptors (Lipinski definition) is 3. The molecule has 0 radical (unpaired) electrons. The first-order valence-electron chi connectivity index (χ1n) is 6.51. The van der Waals surface area contributed by atoms with E-state index in [2.05, 4.69) is 6.58 Å². The second kappa shape index (κ2) is 6.15. The van der Waals surface area contributed by atoms with Crippen molar-refractivity contribution in [2.24, 2.45) is 0 Å². The van der Waals surface area contributed by atoms with Gasteiger partial charge in [-0.2, -0.15) is 0 Å². The second-order valence-electron chi connectivity index (χ2n) is 4.40. The van der Waals surface area contributed by atoms with Crippen LogP contribution < -0.4 is 5.43 Å². The molecule has 2 aromatic rings. The van der Waals surface area contributed by atoms with E-state index in [1.165, 1.54) is 0 Å². The summed E-state index contributed by atoms with van der Waals surface area (Å²) >= 11 is 0. The smallest absolute Gasteiger partial charge is 0.342 e. The number of fused-ring (bicyclic) bond motifs is 1. The van der Waals surface area contributed by atoms with Gasteiger partial charge in [-0.15, -0.1) is 6.58 Å². The van der Waals surface area contributed by atoms with Gasteiger partial charge in [0, 0.05) is 5.56 Å². The number of rotatable bonds is 4. The summed E-state index contributed by atoms with van der Waals surface area (Å²) in [4.78, 5) is 24.4. The van der Waals surface area contributed by atoms with Gasteiger partial charge in [0.25, 0.3) is 0 Å². The average Bonchev–Trinajstić information content (AvgIpc) is 2.58. The lowest BCUT2D eigenvalue weighted by Crippen LogP contribution is -2.18. The van der Waals surface area contributed by atoms with Crippen molar-refractivity contribution in [1.82, 2.24) is 0 Å². The van der Waals surface area contributed by atoms with Crippen LogP contribution in [-0.2, 0) is 11.2 Å². The van der Waals surface area contributed by atoms with E-state index in [-0.39, 0.29) is 17.6 Å². The molecule has 2 rings (SSSR count). The molecule has 0 aliphatic heterocycles. The molecule has 0 spiro atoms. The zero-order valence-electron chi connectivity index (χ0n) is 11.4. The molecule has 102 valence electrons. The molecule has 0 unspecified atom stereocenters. The maximum atomic E-state index is 12.4. The molecule has 0 atom stereocenters. The maximum Gasteiger partial charge on any atom is 0.342 e. The Balaban J connectivity index is 2.79. The molecule has 0 heterocycles. The summed E-state index contributed by atoms with van der Waals surface area (Å²) in [6.45, 7) is 5.61. The van der Waals surface area contributed by atoms with Gasteiger partial charge in [0.05, 0.1) is 6.61 Å². The van der Waals surface area contributed by atoms with Crippen LogP contribution >= 0.6 is 0 Å². The SMILES string of the molecule is C=CCc1cc2ccccc2cc(C(=O)OCC)c1=O. The van der Waals surface area contributed by atoms with E-state index in [1.807, 2.05) is 30.3 Å². The number of benzene rings is 1. The second-order valence-corrected chi connectivity index (χ2v) is 4.40. The van der Waals surface area contributed by atoms with Crippen molar-refractivity contribution >= 4 is 16.7 Å². The number of ether oxygens (including phenoxy) is 1. The fraction of sp³-hybridized carbons (Fsp3) is 0.176. The largest absolute Gasteiger partial charge is 0.462 e. The Morgan fingerprint density at radius 3 is 2.50 bits per heavy atom. The van der Waals surface area contributed by atoms with Gasteiger partial charge in [0.2, 0.25) is 0 Å². The topological polar surface area (TPSA) is 43.4 Å². The number of hydrogen-bond donors (Lipinski definition) is 0. The quantitative estimate of drug-likeness (QED) is 0.632. The van der Waals surface area contributed by atoms with Gasteiger partial charge in [-0.3, -0.25) is 4.79 Å². The Bertz CT molecular complexity index is 717. The van der Waals surface area contributed by atoms with Crippen molar-refractivity contribution in [1.29, 1.82) is 0 Å². The summed E-state index contributed by atoms with van der Waals surface area (Å²) in [5.74, 6) is -0.579. The van der Waals surface area contributed by atoms with Crippen LogP contribution in [0.25, 0.3) is 10.8 Å². The van der Waals surface area contributed by atoms with Gasteiger partial charge < -0.3 is 4.74 Å². The van der Waals surface area contributed by atoms with Crippen LogP contribution in [0.5, 0.6) is 0 Å². The molecule has 0 bridgehead atoms. The molecule has 0 amide bonds. The normalized spacial score (nSPS) is 10.2. The molecule has 20 heavy (non-hydrogen) atoms. The van der Waals surface area contributed by atoms with Crippen LogP contribution in [-0.4, -0.2) is 12.6 Å². The third-order valence-electron chi connectivity index (χ3n) is 3.02. The van der Waals surface area contributed by atoms with E-state index in [1.54, 1.807) is 19.1 Å². The van der Waals surface area contributed by atoms with Gasteiger partial charge in [-0.05, 0) is 36.2 Å². The third kappa shape index (κ3) is 2.77. The van der Waals surface area contributed by atoms with E-state index >= 15 is 0 Å². The summed E-state index contributed by atoms with van der Waals surface area (Å²) in [6, 6.07) is 11.0. The van der Waals surface area contributed by atoms with Crippen LogP contribution in [0, 0.1) is 0 Å². The van der Waals surface area contributed by atoms with Crippen LogP contribution in [0.15, 0.2) is 53.8 Å². The number of carbonyl (C=O) groups is 1. The van der Waals surface area contributed by atoms with Crippen molar-refractivity contribution < 1.29 is 9.53 Å². The van der Waals surface area contributed by atoms with Crippen LogP contribution in [0.1, 0.15) is 22.8 Å². The lowest BCUT2D eigenvalue weighted by molar-refractivity contribution is 0.0525. The minimum Gasteiger partial charge on any atom is -0.462 e. The highest BCUT2D eigenvalue weighted by Crippen LogP contribution is 2.15. The maximum absolute atomic E-state index is 12.4. The predicted octanol–water partition coefficient (Wildman–Crippen LogP) is 3.11. The predicted molar refractivity (Wildman–Crippen MR) is 80.1 cm³/mol. The minimum atomic E-state index is -0.579. The van der Waals surface area contributed by atoms with Gasteiger partial charge in [0.1, 0.15) is 5.56 Å².